The number of hydrogen-bond donors (Lipinski definition) is 0. The molecule has 88 valence electrons. The fourth-order valence-corrected chi connectivity index (χ4v) is 3.41. The van der Waals surface area contributed by atoms with Crippen molar-refractivity contribution in [2.24, 2.45) is 0 Å². The summed E-state index contributed by atoms with van der Waals surface area (Å²) in [5, 5.41) is 0.712. The van der Waals surface area contributed by atoms with Gasteiger partial charge in [-0.1, -0.05) is 61.7 Å². The predicted molar refractivity (Wildman–Crippen MR) is 78.8 cm³/mol. The van der Waals surface area contributed by atoms with Crippen LogP contribution in [0.5, 0.6) is 0 Å². The van der Waals surface area contributed by atoms with Crippen LogP contribution in [0.2, 0.25) is 5.02 Å². The quantitative estimate of drug-likeness (QED) is 0.674. The number of halogens is 3. The molecular formula is C13H10Br2ClN. The van der Waals surface area contributed by atoms with Crippen LogP contribution in [-0.4, -0.2) is 4.98 Å². The van der Waals surface area contributed by atoms with Crippen molar-refractivity contribution in [1.82, 2.24) is 4.98 Å². The maximum atomic E-state index is 6.10. The summed E-state index contributed by atoms with van der Waals surface area (Å²) >= 11 is 13.4. The van der Waals surface area contributed by atoms with E-state index in [9.17, 15) is 0 Å². The Bertz CT molecular complexity index is 516. The zero-order chi connectivity index (χ0) is 12.3. The monoisotopic (exact) mass is 373 g/mol. The molecule has 2 aromatic rings. The summed E-state index contributed by atoms with van der Waals surface area (Å²) in [6.07, 6.45) is 4.28. The second-order valence-electron chi connectivity index (χ2n) is 3.66. The van der Waals surface area contributed by atoms with Gasteiger partial charge < -0.3 is 0 Å². The van der Waals surface area contributed by atoms with Gasteiger partial charge in [-0.05, 0) is 29.7 Å². The molecular weight excluding hydrogens is 365 g/mol. The van der Waals surface area contributed by atoms with E-state index in [2.05, 4.69) is 42.9 Å². The highest BCUT2D eigenvalue weighted by Crippen LogP contribution is 2.33. The van der Waals surface area contributed by atoms with E-state index in [4.69, 9.17) is 11.6 Å². The Kier molecular flexibility index (Phi) is 4.60. The molecule has 0 N–H and O–H groups in total. The highest BCUT2D eigenvalue weighted by molar-refractivity contribution is 9.11. The van der Waals surface area contributed by atoms with Crippen LogP contribution in [0.25, 0.3) is 0 Å². The highest BCUT2D eigenvalue weighted by atomic mass is 79.9. The molecule has 0 amide bonds. The largest absolute Gasteiger partial charge is 0.263 e. The lowest BCUT2D eigenvalue weighted by Crippen LogP contribution is -1.97. The summed E-state index contributed by atoms with van der Waals surface area (Å²) in [6, 6.07) is 10.1. The van der Waals surface area contributed by atoms with Crippen molar-refractivity contribution in [2.75, 3.05) is 0 Å². The standard InChI is InChI=1S/C13H10Br2ClN/c14-11-4-2-1-3-10(11)12(15)7-9-5-6-17-8-13(9)16/h1-6,8,12H,7H2. The van der Waals surface area contributed by atoms with Gasteiger partial charge in [-0.3, -0.25) is 4.98 Å². The van der Waals surface area contributed by atoms with Crippen molar-refractivity contribution in [3.05, 3.63) is 63.3 Å². The third kappa shape index (κ3) is 3.30. The van der Waals surface area contributed by atoms with E-state index in [0.29, 0.717) is 5.02 Å². The molecule has 1 aromatic heterocycles. The molecule has 1 atom stereocenters. The number of alkyl halides is 1. The van der Waals surface area contributed by atoms with Crippen LogP contribution in [0.1, 0.15) is 16.0 Å². The van der Waals surface area contributed by atoms with Crippen molar-refractivity contribution in [1.29, 1.82) is 0 Å². The lowest BCUT2D eigenvalue weighted by Gasteiger charge is -2.12. The Morgan fingerprint density at radius 1 is 1.24 bits per heavy atom. The Hall–Kier alpha value is -0.380. The van der Waals surface area contributed by atoms with E-state index in [1.165, 1.54) is 5.56 Å². The van der Waals surface area contributed by atoms with Crippen molar-refractivity contribution in [3.63, 3.8) is 0 Å². The Labute approximate surface area is 122 Å². The maximum absolute atomic E-state index is 6.10. The van der Waals surface area contributed by atoms with Crippen molar-refractivity contribution < 1.29 is 0 Å². The molecule has 4 heteroatoms. The first-order valence-electron chi connectivity index (χ1n) is 5.15. The second-order valence-corrected chi connectivity index (χ2v) is 6.03. The van der Waals surface area contributed by atoms with Gasteiger partial charge in [0, 0.05) is 21.7 Å². The minimum Gasteiger partial charge on any atom is -0.263 e. The lowest BCUT2D eigenvalue weighted by atomic mass is 10.1. The topological polar surface area (TPSA) is 12.9 Å². The molecule has 1 nitrogen and oxygen atoms in total. The van der Waals surface area contributed by atoms with Crippen LogP contribution in [0.15, 0.2) is 47.2 Å². The van der Waals surface area contributed by atoms with Gasteiger partial charge in [0.2, 0.25) is 0 Å². The number of benzene rings is 1. The fourth-order valence-electron chi connectivity index (χ4n) is 1.60. The highest BCUT2D eigenvalue weighted by Gasteiger charge is 2.12. The smallest absolute Gasteiger partial charge is 0.0621 e. The van der Waals surface area contributed by atoms with Gasteiger partial charge in [0.25, 0.3) is 0 Å². The molecule has 0 aliphatic rings. The third-order valence-corrected chi connectivity index (χ3v) is 4.38. The average molecular weight is 375 g/mol. The van der Waals surface area contributed by atoms with Crippen LogP contribution in [-0.2, 0) is 6.42 Å². The Balaban J connectivity index is 2.20. The van der Waals surface area contributed by atoms with E-state index in [1.807, 2.05) is 24.3 Å². The number of rotatable bonds is 3. The molecule has 0 aliphatic heterocycles. The number of aromatic nitrogens is 1. The van der Waals surface area contributed by atoms with Gasteiger partial charge in [-0.15, -0.1) is 0 Å². The molecule has 1 unspecified atom stereocenters. The van der Waals surface area contributed by atoms with Gasteiger partial charge in [0.15, 0.2) is 0 Å². The van der Waals surface area contributed by atoms with Crippen molar-refractivity contribution in [2.45, 2.75) is 11.2 Å². The van der Waals surface area contributed by atoms with Gasteiger partial charge in [0.1, 0.15) is 0 Å². The summed E-state index contributed by atoms with van der Waals surface area (Å²) in [6.45, 7) is 0. The van der Waals surface area contributed by atoms with Gasteiger partial charge >= 0.3 is 0 Å². The molecule has 0 saturated carbocycles. The molecule has 0 radical (unpaired) electrons. The third-order valence-electron chi connectivity index (χ3n) is 2.50. The minimum absolute atomic E-state index is 0.234. The number of hydrogen-bond acceptors (Lipinski definition) is 1. The van der Waals surface area contributed by atoms with Crippen LogP contribution in [0, 0.1) is 0 Å². The van der Waals surface area contributed by atoms with E-state index >= 15 is 0 Å². The Morgan fingerprint density at radius 2 is 2.00 bits per heavy atom. The second kappa shape index (κ2) is 5.98. The molecule has 0 fully saturated rings. The van der Waals surface area contributed by atoms with Crippen LogP contribution in [0.3, 0.4) is 0 Å². The van der Waals surface area contributed by atoms with Gasteiger partial charge in [0.05, 0.1) is 5.02 Å². The fraction of sp³-hybridized carbons (Fsp3) is 0.154. The molecule has 1 aromatic carbocycles. The summed E-state index contributed by atoms with van der Waals surface area (Å²) < 4.78 is 1.10. The average Bonchev–Trinajstić information content (AvgIpc) is 2.32. The number of pyridine rings is 1. The first-order chi connectivity index (χ1) is 8.18. The summed E-state index contributed by atoms with van der Waals surface area (Å²) in [5.74, 6) is 0. The van der Waals surface area contributed by atoms with Gasteiger partial charge in [-0.25, -0.2) is 0 Å². The van der Waals surface area contributed by atoms with Crippen molar-refractivity contribution >= 4 is 43.5 Å². The normalized spacial score (nSPS) is 12.4. The SMILES string of the molecule is Clc1cnccc1CC(Br)c1ccccc1Br. The van der Waals surface area contributed by atoms with Crippen molar-refractivity contribution in [3.8, 4) is 0 Å². The molecule has 2 rings (SSSR count). The summed E-state index contributed by atoms with van der Waals surface area (Å²) in [5.41, 5.74) is 2.32. The first kappa shape index (κ1) is 13.1. The molecule has 1 heterocycles. The maximum Gasteiger partial charge on any atom is 0.0621 e. The molecule has 17 heavy (non-hydrogen) atoms. The molecule has 0 aliphatic carbocycles. The molecule has 0 bridgehead atoms. The van der Waals surface area contributed by atoms with Crippen LogP contribution < -0.4 is 0 Å². The zero-order valence-electron chi connectivity index (χ0n) is 8.91. The van der Waals surface area contributed by atoms with Crippen LogP contribution in [0.4, 0.5) is 0 Å². The lowest BCUT2D eigenvalue weighted by molar-refractivity contribution is 0.939. The molecule has 0 saturated heterocycles. The van der Waals surface area contributed by atoms with Crippen LogP contribution >= 0.6 is 43.5 Å². The van der Waals surface area contributed by atoms with E-state index in [1.54, 1.807) is 12.4 Å². The van der Waals surface area contributed by atoms with E-state index in [0.717, 1.165) is 16.5 Å². The van der Waals surface area contributed by atoms with Gasteiger partial charge in [-0.2, -0.15) is 0 Å². The number of nitrogens with zero attached hydrogens (tertiary/aromatic N) is 1. The summed E-state index contributed by atoms with van der Waals surface area (Å²) in [7, 11) is 0. The Morgan fingerprint density at radius 3 is 2.71 bits per heavy atom. The predicted octanol–water partition coefficient (Wildman–Crippen LogP) is 5.18. The first-order valence-corrected chi connectivity index (χ1v) is 7.24. The zero-order valence-corrected chi connectivity index (χ0v) is 12.8. The summed E-state index contributed by atoms with van der Waals surface area (Å²) in [4.78, 5) is 4.22. The molecule has 0 spiro atoms. The van der Waals surface area contributed by atoms with E-state index < -0.39 is 0 Å². The minimum atomic E-state index is 0.234. The van der Waals surface area contributed by atoms with E-state index in [-0.39, 0.29) is 4.83 Å².